The topological polar surface area (TPSA) is 81.7 Å². The fraction of sp³-hybridized carbons (Fsp3) is 0.235. The lowest BCUT2D eigenvalue weighted by Crippen LogP contribution is -2.40. The number of hydrogen-bond acceptors (Lipinski definition) is 4. The van der Waals surface area contributed by atoms with Gasteiger partial charge in [0.2, 0.25) is 11.8 Å². The van der Waals surface area contributed by atoms with E-state index in [9.17, 15) is 14.7 Å². The van der Waals surface area contributed by atoms with Gasteiger partial charge in [-0.1, -0.05) is 84.9 Å². The molecule has 0 radical (unpaired) electrons. The lowest BCUT2D eigenvalue weighted by Gasteiger charge is -2.37. The molecule has 0 spiro atoms. The highest BCUT2D eigenvalue weighted by atomic mass is 16.3. The lowest BCUT2D eigenvalue weighted by atomic mass is 9.81. The van der Waals surface area contributed by atoms with E-state index in [1.54, 1.807) is 0 Å². The molecule has 1 unspecified atom stereocenters. The van der Waals surface area contributed by atoms with Gasteiger partial charge in [-0.15, -0.1) is 0 Å². The number of nitrogens with one attached hydrogen (secondary N) is 2. The van der Waals surface area contributed by atoms with Gasteiger partial charge in [0.05, 0.1) is 0 Å². The molecule has 0 saturated carbocycles. The maximum atomic E-state index is 12.4. The van der Waals surface area contributed by atoms with Gasteiger partial charge in [0.1, 0.15) is 5.60 Å². The Balaban J connectivity index is 1.69. The first-order chi connectivity index (χ1) is 19.2. The van der Waals surface area contributed by atoms with Gasteiger partial charge in [-0.3, -0.25) is 14.5 Å². The number of carbonyl (C=O) groups excluding carboxylic acids is 2. The Hall–Kier alpha value is -4.26. The van der Waals surface area contributed by atoms with Crippen molar-refractivity contribution < 1.29 is 14.7 Å². The summed E-state index contributed by atoms with van der Waals surface area (Å²) < 4.78 is 0. The van der Waals surface area contributed by atoms with E-state index < -0.39 is 5.60 Å². The molecule has 2 amide bonds. The molecule has 4 aromatic carbocycles. The minimum Gasteiger partial charge on any atom is -0.380 e. The SMILES string of the molecule is CC(=O)Nc1ccc(C(O)(CC(C)N(Cc2ccccc2)Cc2ccccc2)c2ccc(NC(C)=O)cc2)cc1. The highest BCUT2D eigenvalue weighted by Gasteiger charge is 2.35. The third kappa shape index (κ3) is 7.65. The maximum Gasteiger partial charge on any atom is 0.221 e. The number of hydrogen-bond donors (Lipinski definition) is 3. The first-order valence-electron chi connectivity index (χ1n) is 13.5. The highest BCUT2D eigenvalue weighted by molar-refractivity contribution is 5.89. The van der Waals surface area contributed by atoms with Crippen molar-refractivity contribution in [1.29, 1.82) is 0 Å². The summed E-state index contributed by atoms with van der Waals surface area (Å²) in [5.41, 5.74) is 3.86. The van der Waals surface area contributed by atoms with Crippen molar-refractivity contribution in [3.63, 3.8) is 0 Å². The van der Waals surface area contributed by atoms with Crippen LogP contribution in [-0.4, -0.2) is 27.9 Å². The standard InChI is InChI=1S/C34H37N3O3/c1-25(37(23-28-10-6-4-7-11-28)24-29-12-8-5-9-13-29)22-34(40,30-14-18-32(19-15-30)35-26(2)38)31-16-20-33(21-17-31)36-27(3)39/h4-21,25,40H,22-24H2,1-3H3,(H,35,38)(H,36,39). The van der Waals surface area contributed by atoms with Crippen molar-refractivity contribution in [3.05, 3.63) is 131 Å². The average molecular weight is 536 g/mol. The van der Waals surface area contributed by atoms with E-state index in [2.05, 4.69) is 46.7 Å². The summed E-state index contributed by atoms with van der Waals surface area (Å²) in [6.07, 6.45) is 0.422. The smallest absolute Gasteiger partial charge is 0.221 e. The molecule has 40 heavy (non-hydrogen) atoms. The number of benzene rings is 4. The molecule has 3 N–H and O–H groups in total. The van der Waals surface area contributed by atoms with E-state index >= 15 is 0 Å². The second-order valence-corrected chi connectivity index (χ2v) is 10.3. The Morgan fingerprint density at radius 3 is 1.40 bits per heavy atom. The zero-order chi connectivity index (χ0) is 28.5. The Labute approximate surface area is 236 Å². The van der Waals surface area contributed by atoms with E-state index in [0.717, 1.165) is 24.2 Å². The van der Waals surface area contributed by atoms with Gasteiger partial charge in [0, 0.05) is 44.4 Å². The molecule has 6 nitrogen and oxygen atoms in total. The summed E-state index contributed by atoms with van der Waals surface area (Å²) in [6.45, 7) is 6.55. The number of rotatable bonds is 11. The van der Waals surface area contributed by atoms with Gasteiger partial charge in [-0.05, 0) is 59.9 Å². The van der Waals surface area contributed by atoms with Crippen LogP contribution in [0.5, 0.6) is 0 Å². The number of anilines is 2. The van der Waals surface area contributed by atoms with Gasteiger partial charge in [0.25, 0.3) is 0 Å². The lowest BCUT2D eigenvalue weighted by molar-refractivity contribution is -0.115. The summed E-state index contributed by atoms with van der Waals surface area (Å²) in [6, 6.07) is 35.4. The van der Waals surface area contributed by atoms with Crippen molar-refractivity contribution in [2.24, 2.45) is 0 Å². The van der Waals surface area contributed by atoms with Crippen LogP contribution in [0.25, 0.3) is 0 Å². The second kappa shape index (κ2) is 13.2. The Kier molecular flexibility index (Phi) is 9.48. The molecule has 0 saturated heterocycles. The van der Waals surface area contributed by atoms with Gasteiger partial charge < -0.3 is 15.7 Å². The predicted octanol–water partition coefficient (Wildman–Crippen LogP) is 6.32. The molecule has 0 aliphatic rings. The van der Waals surface area contributed by atoms with Crippen molar-refractivity contribution >= 4 is 23.2 Å². The summed E-state index contributed by atoms with van der Waals surface area (Å²) in [7, 11) is 0. The number of carbonyl (C=O) groups is 2. The van der Waals surface area contributed by atoms with E-state index in [0.29, 0.717) is 17.8 Å². The minimum atomic E-state index is -1.32. The maximum absolute atomic E-state index is 12.4. The highest BCUT2D eigenvalue weighted by Crippen LogP contribution is 2.37. The van der Waals surface area contributed by atoms with Crippen LogP contribution in [0.3, 0.4) is 0 Å². The predicted molar refractivity (Wildman–Crippen MR) is 161 cm³/mol. The largest absolute Gasteiger partial charge is 0.380 e. The molecule has 1 atom stereocenters. The Morgan fingerprint density at radius 1 is 0.675 bits per heavy atom. The van der Waals surface area contributed by atoms with Gasteiger partial charge >= 0.3 is 0 Å². The third-order valence-electron chi connectivity index (χ3n) is 7.04. The Bertz CT molecular complexity index is 1290. The van der Waals surface area contributed by atoms with Crippen LogP contribution in [0.1, 0.15) is 49.4 Å². The summed E-state index contributed by atoms with van der Waals surface area (Å²) >= 11 is 0. The fourth-order valence-corrected chi connectivity index (χ4v) is 5.03. The van der Waals surface area contributed by atoms with Crippen LogP contribution in [-0.2, 0) is 28.3 Å². The van der Waals surface area contributed by atoms with E-state index in [1.165, 1.54) is 25.0 Å². The van der Waals surface area contributed by atoms with Crippen LogP contribution in [0.2, 0.25) is 0 Å². The van der Waals surface area contributed by atoms with E-state index in [-0.39, 0.29) is 17.9 Å². The molecule has 0 aromatic heterocycles. The quantitative estimate of drug-likeness (QED) is 0.210. The molecule has 0 aliphatic carbocycles. The molecule has 206 valence electrons. The first kappa shape index (κ1) is 28.7. The molecule has 0 aliphatic heterocycles. The average Bonchev–Trinajstić information content (AvgIpc) is 2.94. The molecule has 0 bridgehead atoms. The minimum absolute atomic E-state index is 0.0181. The van der Waals surface area contributed by atoms with E-state index in [4.69, 9.17) is 0 Å². The third-order valence-corrected chi connectivity index (χ3v) is 7.04. The van der Waals surface area contributed by atoms with Gasteiger partial charge in [0.15, 0.2) is 0 Å². The molecule has 6 heteroatoms. The van der Waals surface area contributed by atoms with Crippen LogP contribution in [0, 0.1) is 0 Å². The summed E-state index contributed by atoms with van der Waals surface area (Å²) in [5, 5.41) is 18.0. The summed E-state index contributed by atoms with van der Waals surface area (Å²) in [4.78, 5) is 25.5. The zero-order valence-electron chi connectivity index (χ0n) is 23.3. The van der Waals surface area contributed by atoms with Gasteiger partial charge in [-0.2, -0.15) is 0 Å². The van der Waals surface area contributed by atoms with Crippen molar-refractivity contribution in [2.75, 3.05) is 10.6 Å². The molecule has 4 aromatic rings. The second-order valence-electron chi connectivity index (χ2n) is 10.3. The number of aliphatic hydroxyl groups is 1. The molecular formula is C34H37N3O3. The van der Waals surface area contributed by atoms with Crippen LogP contribution in [0.4, 0.5) is 11.4 Å². The van der Waals surface area contributed by atoms with Crippen molar-refractivity contribution in [1.82, 2.24) is 4.90 Å². The Morgan fingerprint density at radius 2 is 1.05 bits per heavy atom. The van der Waals surface area contributed by atoms with Gasteiger partial charge in [-0.25, -0.2) is 0 Å². The van der Waals surface area contributed by atoms with Crippen LogP contribution >= 0.6 is 0 Å². The number of nitrogens with zero attached hydrogens (tertiary/aromatic N) is 1. The normalized spacial score (nSPS) is 12.1. The number of amides is 2. The first-order valence-corrected chi connectivity index (χ1v) is 13.5. The van der Waals surface area contributed by atoms with Crippen LogP contribution in [0.15, 0.2) is 109 Å². The summed E-state index contributed by atoms with van der Waals surface area (Å²) in [5.74, 6) is -0.301. The van der Waals surface area contributed by atoms with E-state index in [1.807, 2.05) is 84.9 Å². The zero-order valence-corrected chi connectivity index (χ0v) is 23.3. The molecule has 4 rings (SSSR count). The van der Waals surface area contributed by atoms with Crippen molar-refractivity contribution in [2.45, 2.75) is 51.9 Å². The van der Waals surface area contributed by atoms with Crippen LogP contribution < -0.4 is 10.6 Å². The molecule has 0 heterocycles. The molecular weight excluding hydrogens is 498 g/mol. The fourth-order valence-electron chi connectivity index (χ4n) is 5.03. The van der Waals surface area contributed by atoms with Crippen molar-refractivity contribution in [3.8, 4) is 0 Å². The monoisotopic (exact) mass is 535 g/mol. The molecule has 0 fully saturated rings.